The standard InChI is InChI=1S/C24H18N2O3S/c1-14-11-12-25-19(13-14)26-21(15-7-9-16(30-2)10-8-15)20-22(27)17-5-3-4-6-18(17)29-23(20)24(26)28/h3-13,21H,1-2H3. The number of thioether (sulfide) groups is 1. The zero-order valence-corrected chi connectivity index (χ0v) is 17.3. The number of fused-ring (bicyclic) bond motifs is 2. The van der Waals surface area contributed by atoms with E-state index in [9.17, 15) is 9.59 Å². The highest BCUT2D eigenvalue weighted by atomic mass is 32.2. The van der Waals surface area contributed by atoms with Crippen LogP contribution in [0, 0.1) is 6.92 Å². The lowest BCUT2D eigenvalue weighted by Crippen LogP contribution is -2.30. The number of carbonyl (C=O) groups is 1. The van der Waals surface area contributed by atoms with E-state index >= 15 is 0 Å². The number of anilines is 1. The Morgan fingerprint density at radius 3 is 2.53 bits per heavy atom. The van der Waals surface area contributed by atoms with Gasteiger partial charge in [0, 0.05) is 11.1 Å². The first-order valence-corrected chi connectivity index (χ1v) is 10.8. The Balaban J connectivity index is 1.80. The minimum absolute atomic E-state index is 0.0842. The van der Waals surface area contributed by atoms with E-state index in [-0.39, 0.29) is 17.1 Å². The van der Waals surface area contributed by atoms with Crippen molar-refractivity contribution in [1.82, 2.24) is 4.98 Å². The number of hydrogen-bond acceptors (Lipinski definition) is 5. The van der Waals surface area contributed by atoms with Gasteiger partial charge in [0.25, 0.3) is 5.91 Å². The number of hydrogen-bond donors (Lipinski definition) is 0. The molecule has 6 heteroatoms. The molecule has 1 atom stereocenters. The van der Waals surface area contributed by atoms with E-state index in [4.69, 9.17) is 4.42 Å². The monoisotopic (exact) mass is 414 g/mol. The molecule has 1 unspecified atom stereocenters. The molecule has 30 heavy (non-hydrogen) atoms. The highest BCUT2D eigenvalue weighted by Gasteiger charge is 2.44. The minimum Gasteiger partial charge on any atom is -0.450 e. The normalized spacial score (nSPS) is 15.6. The van der Waals surface area contributed by atoms with Crippen LogP contribution in [0.5, 0.6) is 0 Å². The zero-order valence-electron chi connectivity index (χ0n) is 16.5. The van der Waals surface area contributed by atoms with Gasteiger partial charge in [0.1, 0.15) is 11.4 Å². The molecule has 0 aliphatic carbocycles. The van der Waals surface area contributed by atoms with Crippen LogP contribution in [0.25, 0.3) is 11.0 Å². The van der Waals surface area contributed by atoms with Gasteiger partial charge in [-0.15, -0.1) is 11.8 Å². The fraction of sp³-hybridized carbons (Fsp3) is 0.125. The summed E-state index contributed by atoms with van der Waals surface area (Å²) in [6.07, 6.45) is 3.67. The third-order valence-electron chi connectivity index (χ3n) is 5.36. The molecule has 148 valence electrons. The van der Waals surface area contributed by atoms with Crippen molar-refractivity contribution in [3.8, 4) is 0 Å². The third-order valence-corrected chi connectivity index (χ3v) is 6.10. The number of benzene rings is 2. The number of amides is 1. The molecule has 1 aliphatic heterocycles. The van der Waals surface area contributed by atoms with Gasteiger partial charge in [0.15, 0.2) is 5.43 Å². The molecule has 1 amide bonds. The zero-order chi connectivity index (χ0) is 20.8. The van der Waals surface area contributed by atoms with Crippen LogP contribution in [-0.4, -0.2) is 17.1 Å². The summed E-state index contributed by atoms with van der Waals surface area (Å²) in [6, 6.07) is 18.0. The molecule has 0 N–H and O–H groups in total. The Hall–Kier alpha value is -3.38. The highest BCUT2D eigenvalue weighted by molar-refractivity contribution is 7.98. The molecule has 0 radical (unpaired) electrons. The van der Waals surface area contributed by atoms with Gasteiger partial charge in [0.2, 0.25) is 5.76 Å². The maximum Gasteiger partial charge on any atom is 0.296 e. The van der Waals surface area contributed by atoms with Crippen molar-refractivity contribution in [3.05, 3.63) is 99.5 Å². The van der Waals surface area contributed by atoms with Gasteiger partial charge in [-0.3, -0.25) is 14.5 Å². The molecule has 0 bridgehead atoms. The Morgan fingerprint density at radius 2 is 1.80 bits per heavy atom. The predicted octanol–water partition coefficient (Wildman–Crippen LogP) is 4.97. The van der Waals surface area contributed by atoms with Crippen LogP contribution in [-0.2, 0) is 0 Å². The second-order valence-corrected chi connectivity index (χ2v) is 8.09. The van der Waals surface area contributed by atoms with Crippen molar-refractivity contribution in [2.75, 3.05) is 11.2 Å². The van der Waals surface area contributed by atoms with Crippen molar-refractivity contribution in [1.29, 1.82) is 0 Å². The molecule has 5 rings (SSSR count). The second kappa shape index (κ2) is 7.15. The number of pyridine rings is 1. The van der Waals surface area contributed by atoms with E-state index < -0.39 is 6.04 Å². The van der Waals surface area contributed by atoms with E-state index in [1.807, 2.05) is 49.6 Å². The van der Waals surface area contributed by atoms with Crippen LogP contribution in [0.2, 0.25) is 0 Å². The van der Waals surface area contributed by atoms with Crippen molar-refractivity contribution in [3.63, 3.8) is 0 Å². The molecule has 0 saturated carbocycles. The molecule has 0 spiro atoms. The summed E-state index contributed by atoms with van der Waals surface area (Å²) in [6.45, 7) is 1.94. The molecular weight excluding hydrogens is 396 g/mol. The van der Waals surface area contributed by atoms with E-state index in [0.717, 1.165) is 16.0 Å². The number of rotatable bonds is 3. The highest BCUT2D eigenvalue weighted by Crippen LogP contribution is 2.40. The van der Waals surface area contributed by atoms with Gasteiger partial charge in [0.05, 0.1) is 17.0 Å². The maximum absolute atomic E-state index is 13.5. The minimum atomic E-state index is -0.599. The van der Waals surface area contributed by atoms with E-state index in [0.29, 0.717) is 22.4 Å². The summed E-state index contributed by atoms with van der Waals surface area (Å²) in [4.78, 5) is 34.0. The maximum atomic E-state index is 13.5. The number of nitrogens with zero attached hydrogens (tertiary/aromatic N) is 2. The average Bonchev–Trinajstić information content (AvgIpc) is 3.06. The van der Waals surface area contributed by atoms with Crippen LogP contribution in [0.15, 0.2) is 81.0 Å². The molecule has 2 aromatic carbocycles. The Labute approximate surface area is 177 Å². The Bertz CT molecular complexity index is 1340. The van der Waals surface area contributed by atoms with Crippen LogP contribution < -0.4 is 10.3 Å². The summed E-state index contributed by atoms with van der Waals surface area (Å²) in [7, 11) is 0. The Morgan fingerprint density at radius 1 is 1.03 bits per heavy atom. The summed E-state index contributed by atoms with van der Waals surface area (Å²) in [5, 5.41) is 0.467. The van der Waals surface area contributed by atoms with Crippen molar-refractivity contribution in [2.24, 2.45) is 0 Å². The lowest BCUT2D eigenvalue weighted by atomic mass is 9.98. The summed E-state index contributed by atoms with van der Waals surface area (Å²) >= 11 is 1.64. The number of carbonyl (C=O) groups excluding carboxylic acids is 1. The SMILES string of the molecule is CSc1ccc(C2c3c(oc4ccccc4c3=O)C(=O)N2c2cc(C)ccn2)cc1. The largest absolute Gasteiger partial charge is 0.450 e. The first kappa shape index (κ1) is 18.6. The first-order chi connectivity index (χ1) is 14.6. The van der Waals surface area contributed by atoms with Crippen molar-refractivity contribution < 1.29 is 9.21 Å². The van der Waals surface area contributed by atoms with Gasteiger partial charge in [-0.2, -0.15) is 0 Å². The third kappa shape index (κ3) is 2.83. The van der Waals surface area contributed by atoms with Crippen LogP contribution in [0.4, 0.5) is 5.82 Å². The first-order valence-electron chi connectivity index (χ1n) is 9.54. The van der Waals surface area contributed by atoms with Gasteiger partial charge in [-0.1, -0.05) is 24.3 Å². The lowest BCUT2D eigenvalue weighted by molar-refractivity contribution is 0.0970. The molecule has 4 aromatic rings. The predicted molar refractivity (Wildman–Crippen MR) is 118 cm³/mol. The number of aromatic nitrogens is 1. The molecule has 2 aromatic heterocycles. The van der Waals surface area contributed by atoms with Gasteiger partial charge >= 0.3 is 0 Å². The Kier molecular flexibility index (Phi) is 4.44. The average molecular weight is 414 g/mol. The van der Waals surface area contributed by atoms with Gasteiger partial charge in [-0.25, -0.2) is 4.98 Å². The van der Waals surface area contributed by atoms with Gasteiger partial charge < -0.3 is 4.42 Å². The van der Waals surface area contributed by atoms with Crippen molar-refractivity contribution >= 4 is 34.5 Å². The molecular formula is C24H18N2O3S. The van der Waals surface area contributed by atoms with E-state index in [2.05, 4.69) is 4.98 Å². The molecule has 0 fully saturated rings. The molecule has 3 heterocycles. The fourth-order valence-corrected chi connectivity index (χ4v) is 4.32. The van der Waals surface area contributed by atoms with Crippen LogP contribution in [0.3, 0.4) is 0 Å². The number of aryl methyl sites for hydroxylation is 1. The van der Waals surface area contributed by atoms with E-state index in [1.54, 1.807) is 47.1 Å². The quantitative estimate of drug-likeness (QED) is 0.443. The summed E-state index contributed by atoms with van der Waals surface area (Å²) in [5.74, 6) is 0.222. The fourth-order valence-electron chi connectivity index (χ4n) is 3.91. The molecule has 0 saturated heterocycles. The van der Waals surface area contributed by atoms with Crippen molar-refractivity contribution in [2.45, 2.75) is 17.9 Å². The van der Waals surface area contributed by atoms with Gasteiger partial charge in [-0.05, 0) is 60.7 Å². The smallest absolute Gasteiger partial charge is 0.296 e. The molecule has 1 aliphatic rings. The van der Waals surface area contributed by atoms with Crippen LogP contribution >= 0.6 is 11.8 Å². The second-order valence-electron chi connectivity index (χ2n) is 7.21. The molecule has 5 nitrogen and oxygen atoms in total. The lowest BCUT2D eigenvalue weighted by Gasteiger charge is -2.24. The number of para-hydroxylation sites is 1. The van der Waals surface area contributed by atoms with E-state index in [1.165, 1.54) is 0 Å². The summed E-state index contributed by atoms with van der Waals surface area (Å²) < 4.78 is 5.95. The van der Waals surface area contributed by atoms with Crippen LogP contribution in [0.1, 0.15) is 33.3 Å². The topological polar surface area (TPSA) is 63.4 Å². The summed E-state index contributed by atoms with van der Waals surface area (Å²) in [5.41, 5.74) is 2.40.